The van der Waals surface area contributed by atoms with Crippen LogP contribution in [0, 0.1) is 0 Å². The Labute approximate surface area is 546 Å². The lowest BCUT2D eigenvalue weighted by Crippen LogP contribution is -2.41. The Balaban J connectivity index is 0.000000160. The van der Waals surface area contributed by atoms with Gasteiger partial charge in [0.15, 0.2) is 0 Å². The number of nitrogens with one attached hydrogen (secondary N) is 5. The first-order valence-corrected chi connectivity index (χ1v) is 30.4. The number of H-pyrrole nitrogens is 2. The van der Waals surface area contributed by atoms with Crippen molar-refractivity contribution in [1.29, 1.82) is 1.34 Å². The van der Waals surface area contributed by atoms with Gasteiger partial charge in [-0.05, 0) is 148 Å². The predicted molar refractivity (Wildman–Crippen MR) is 378 cm³/mol. The predicted octanol–water partition coefficient (Wildman–Crippen LogP) is 14.9. The zero-order chi connectivity index (χ0) is 62.5. The fourth-order valence-electron chi connectivity index (χ4n) is 9.51. The molecule has 7 aromatic heterocycles. The van der Waals surface area contributed by atoms with E-state index >= 15 is 0 Å². The minimum absolute atomic E-state index is 0. The maximum atomic E-state index is 6.21. The average molecular weight is 1350 g/mol. The number of benzene rings is 6. The summed E-state index contributed by atoms with van der Waals surface area (Å²) in [5.41, 5.74) is 11.3. The van der Waals surface area contributed by atoms with Gasteiger partial charge in [-0.2, -0.15) is 29.7 Å². The van der Waals surface area contributed by atoms with Crippen molar-refractivity contribution < 1.29 is 9.31 Å². The third-order valence-corrected chi connectivity index (χ3v) is 15.9. The molecule has 0 aliphatic carbocycles. The summed E-state index contributed by atoms with van der Waals surface area (Å²) in [5, 5.41) is 34.3. The molecule has 13 aromatic rings. The quantitative estimate of drug-likeness (QED) is 0.0597. The number of nitrogens with zero attached hydrogens (tertiary/aromatic N) is 12. The molecule has 14 rings (SSSR count). The number of hydrogen-bond donors (Lipinski definition) is 5. The van der Waals surface area contributed by atoms with Gasteiger partial charge in [0, 0.05) is 61.2 Å². The molecule has 457 valence electrons. The van der Waals surface area contributed by atoms with Crippen LogP contribution in [-0.4, -0.2) is 97.9 Å². The number of aromatic nitrogens is 14. The number of halogens is 2. The molecule has 0 amide bonds. The highest BCUT2D eigenvalue weighted by molar-refractivity contribution is 9.10. The standard InChI is InChI=1S/C22H26BN3O2.C21H17N7.C16H14BrN3.C5H3BrN4.2CH4.BH3P/c1-15(16-9-7-6-8-10-16)26-20-18-13-17(11-12-19(18)24-14-25-20)23-27-21(2,3)22(4,5)28-23;1-13(14-5-3-2-4-6-14)25-20-17-9-15(7-8-18(17)23-12-24-20)16-10-19-21(22-11-16)27-28-26-19;1-11(12-5-3-2-4-6-12)20-16-14-9-13(17)7-8-15(14)18-10-19-16;6-3-1-4-5(7-2-3)9-10-8-4;;;1-2/h6-15H,1-5H3,(H,24,25,26);2-13H,1H3,(H,23,24,25)(H,22,26,27,28);2-11H,1H3,(H,18,19,20);1-2H,(H,7,8,9,10);2*1H4;1H,2H2/i;;;;;;1D. The van der Waals surface area contributed by atoms with Gasteiger partial charge in [0.25, 0.3) is 0 Å². The van der Waals surface area contributed by atoms with Crippen molar-refractivity contribution in [2.24, 2.45) is 0 Å². The number of hydrogen-bond acceptors (Lipinski definition) is 17. The highest BCUT2D eigenvalue weighted by Gasteiger charge is 2.51. The summed E-state index contributed by atoms with van der Waals surface area (Å²) in [6.07, 6.45) is 8.26. The Morgan fingerprint density at radius 1 is 0.467 bits per heavy atom. The first-order valence-electron chi connectivity index (χ1n) is 28.7. The number of rotatable bonds is 11. The van der Waals surface area contributed by atoms with E-state index in [1.54, 1.807) is 31.4 Å². The van der Waals surface area contributed by atoms with Crippen molar-refractivity contribution in [3.05, 3.63) is 215 Å². The highest BCUT2D eigenvalue weighted by Crippen LogP contribution is 2.37. The van der Waals surface area contributed by atoms with Crippen LogP contribution >= 0.6 is 41.0 Å². The van der Waals surface area contributed by atoms with Crippen LogP contribution in [0.4, 0.5) is 17.5 Å². The average Bonchev–Trinajstić information content (AvgIpc) is 1.85. The molecule has 1 aliphatic heterocycles. The highest BCUT2D eigenvalue weighted by atomic mass is 79.9. The van der Waals surface area contributed by atoms with Crippen LogP contribution in [-0.2, 0) is 9.31 Å². The van der Waals surface area contributed by atoms with Crippen LogP contribution in [0.15, 0.2) is 198 Å². The second-order valence-electron chi connectivity index (χ2n) is 21.5. The molecule has 8 heterocycles. The molecule has 1 saturated heterocycles. The van der Waals surface area contributed by atoms with Gasteiger partial charge < -0.3 is 25.3 Å². The van der Waals surface area contributed by atoms with Crippen molar-refractivity contribution in [1.82, 2.24) is 70.7 Å². The smallest absolute Gasteiger partial charge is 0.399 e. The van der Waals surface area contributed by atoms with E-state index < -0.39 is 7.12 Å². The second-order valence-corrected chi connectivity index (χ2v) is 23.3. The Hall–Kier alpha value is -8.72. The van der Waals surface area contributed by atoms with E-state index in [4.69, 9.17) is 10.6 Å². The summed E-state index contributed by atoms with van der Waals surface area (Å²) >= 11 is 6.77. The lowest BCUT2D eigenvalue weighted by Gasteiger charge is -2.32. The fraction of sp³-hybridized carbons (Fsp3) is 0.212. The number of pyridine rings is 2. The number of anilines is 3. The Bertz CT molecular complexity index is 4460. The molecule has 1 fully saturated rings. The maximum absolute atomic E-state index is 6.21. The molecule has 19 nitrogen and oxygen atoms in total. The summed E-state index contributed by atoms with van der Waals surface area (Å²) in [4.78, 5) is 34.8. The molecule has 0 spiro atoms. The molecule has 5 N–H and O–H groups in total. The SMILES string of the molecule is Brc1cnc2n[nH]nc2c1.C.C.CC(Nc1ncnc2ccc(-c3cnc4n[nH]nc4c3)cc12)c1ccccc1.CC(Nc1ncnc2ccc(B3OC(C)(C)C(C)(C)O3)cc12)c1ccccc1.CC(Nc1ncnc2ccc(Br)cc12)c1ccccc1.[2H][B]P. The summed E-state index contributed by atoms with van der Waals surface area (Å²) in [6, 6.07) is 53.4. The molecule has 4 unspecified atom stereocenters. The molecule has 1 radical (unpaired) electrons. The van der Waals surface area contributed by atoms with Crippen molar-refractivity contribution in [3.8, 4) is 11.1 Å². The molecule has 0 saturated carbocycles. The molecule has 4 atom stereocenters. The van der Waals surface area contributed by atoms with Crippen LogP contribution in [0.5, 0.6) is 0 Å². The normalized spacial score (nSPS) is 13.8. The maximum Gasteiger partial charge on any atom is 0.494 e. The van der Waals surface area contributed by atoms with Crippen molar-refractivity contribution in [3.63, 3.8) is 0 Å². The monoisotopic (exact) mass is 1350 g/mol. The van der Waals surface area contributed by atoms with Crippen LogP contribution in [0.2, 0.25) is 0 Å². The first-order chi connectivity index (χ1) is 43.1. The molecule has 0 bridgehead atoms. The van der Waals surface area contributed by atoms with Gasteiger partial charge in [0.1, 0.15) is 55.0 Å². The van der Waals surface area contributed by atoms with E-state index in [9.17, 15) is 0 Å². The van der Waals surface area contributed by atoms with Gasteiger partial charge in [0.2, 0.25) is 11.3 Å². The van der Waals surface area contributed by atoms with Gasteiger partial charge in [0.05, 0.1) is 27.8 Å². The van der Waals surface area contributed by atoms with E-state index in [2.05, 4.69) is 225 Å². The topological polar surface area (TPSA) is 241 Å². The van der Waals surface area contributed by atoms with Crippen molar-refractivity contribution >= 4 is 134 Å². The Kier molecular flexibility index (Phi) is 22.4. The number of aromatic amines is 2. The summed E-state index contributed by atoms with van der Waals surface area (Å²) < 4.78 is 20.4. The molecule has 1 aliphatic rings. The van der Waals surface area contributed by atoms with E-state index in [0.29, 0.717) is 11.3 Å². The third-order valence-electron chi connectivity index (χ3n) is 15.0. The molecular formula is C66H71B2Br2N17O2P. The van der Waals surface area contributed by atoms with E-state index in [1.165, 1.54) is 24.2 Å². The van der Waals surface area contributed by atoms with Crippen LogP contribution in [0.3, 0.4) is 0 Å². The van der Waals surface area contributed by atoms with Crippen LogP contribution in [0.25, 0.3) is 66.2 Å². The van der Waals surface area contributed by atoms with Gasteiger partial charge in [-0.3, -0.25) is 0 Å². The van der Waals surface area contributed by atoms with Crippen LogP contribution in [0.1, 0.15) is 98.1 Å². The third kappa shape index (κ3) is 16.2. The van der Waals surface area contributed by atoms with Crippen LogP contribution < -0.4 is 21.4 Å². The molecular weight excluding hydrogens is 1280 g/mol. The Morgan fingerprint density at radius 2 is 0.878 bits per heavy atom. The van der Waals surface area contributed by atoms with Gasteiger partial charge in [-0.1, -0.05) is 134 Å². The first kappa shape index (κ1) is 65.7. The lowest BCUT2D eigenvalue weighted by molar-refractivity contribution is 0.00578. The zero-order valence-electron chi connectivity index (χ0n) is 50.3. The summed E-state index contributed by atoms with van der Waals surface area (Å²) in [5.74, 6) is 2.46. The zero-order valence-corrected chi connectivity index (χ0v) is 53.6. The minimum Gasteiger partial charge on any atom is -0.399 e. The Morgan fingerprint density at radius 3 is 1.36 bits per heavy atom. The number of fused-ring (bicyclic) bond motifs is 5. The fourth-order valence-corrected chi connectivity index (χ4v) is 10.2. The minimum atomic E-state index is -0.408. The molecule has 90 heavy (non-hydrogen) atoms. The van der Waals surface area contributed by atoms with Gasteiger partial charge in [-0.15, -0.1) is 10.2 Å². The summed E-state index contributed by atoms with van der Waals surface area (Å²) in [6.45, 7) is 14.6. The van der Waals surface area contributed by atoms with E-state index in [-0.39, 0.29) is 44.2 Å². The van der Waals surface area contributed by atoms with E-state index in [0.717, 1.165) is 86.7 Å². The molecule has 6 aromatic carbocycles. The second kappa shape index (κ2) is 30.7. The molecule has 24 heteroatoms. The van der Waals surface area contributed by atoms with Crippen molar-refractivity contribution in [2.45, 2.75) is 92.6 Å². The van der Waals surface area contributed by atoms with Crippen molar-refractivity contribution in [2.75, 3.05) is 16.0 Å². The van der Waals surface area contributed by atoms with Gasteiger partial charge in [-0.25, -0.2) is 39.9 Å². The van der Waals surface area contributed by atoms with E-state index in [1.807, 2.05) is 109 Å². The largest absolute Gasteiger partial charge is 0.494 e. The van der Waals surface area contributed by atoms with Gasteiger partial charge >= 0.3 is 7.12 Å². The summed E-state index contributed by atoms with van der Waals surface area (Å²) in [7, 11) is 2.88. The lowest BCUT2D eigenvalue weighted by atomic mass is 9.78.